The Bertz CT molecular complexity index is 414. The van der Waals surface area contributed by atoms with Crippen molar-refractivity contribution in [2.45, 2.75) is 32.2 Å². The van der Waals surface area contributed by atoms with Crippen molar-refractivity contribution in [1.29, 1.82) is 0 Å². The quantitative estimate of drug-likeness (QED) is 0.629. The standard InChI is InChI=1S/C13H21N3O4/c1-3-6-20-12-8-11(14-9-15-12)16-10(13(17)18)5-4-7-19-2/h8-10H,3-7H2,1-2H3,(H,17,18)(H,14,15,16). The van der Waals surface area contributed by atoms with Crippen molar-refractivity contribution in [3.8, 4) is 5.88 Å². The van der Waals surface area contributed by atoms with Gasteiger partial charge in [-0.15, -0.1) is 0 Å². The Morgan fingerprint density at radius 3 is 2.90 bits per heavy atom. The lowest BCUT2D eigenvalue weighted by molar-refractivity contribution is -0.138. The van der Waals surface area contributed by atoms with E-state index in [2.05, 4.69) is 15.3 Å². The molecule has 0 saturated heterocycles. The van der Waals surface area contributed by atoms with Gasteiger partial charge in [0.25, 0.3) is 0 Å². The first-order chi connectivity index (χ1) is 9.67. The van der Waals surface area contributed by atoms with Crippen LogP contribution in [0, 0.1) is 0 Å². The van der Waals surface area contributed by atoms with Gasteiger partial charge in [0.2, 0.25) is 5.88 Å². The average Bonchev–Trinajstić information content (AvgIpc) is 2.44. The fraction of sp³-hybridized carbons (Fsp3) is 0.615. The van der Waals surface area contributed by atoms with Crippen LogP contribution in [0.4, 0.5) is 5.82 Å². The Morgan fingerprint density at radius 1 is 1.45 bits per heavy atom. The molecule has 1 aromatic heterocycles. The molecule has 0 aliphatic rings. The van der Waals surface area contributed by atoms with Crippen LogP contribution in [-0.2, 0) is 9.53 Å². The molecule has 0 bridgehead atoms. The van der Waals surface area contributed by atoms with E-state index < -0.39 is 12.0 Å². The van der Waals surface area contributed by atoms with E-state index in [4.69, 9.17) is 14.6 Å². The number of nitrogens with one attached hydrogen (secondary N) is 1. The van der Waals surface area contributed by atoms with Gasteiger partial charge in [-0.25, -0.2) is 14.8 Å². The monoisotopic (exact) mass is 283 g/mol. The predicted octanol–water partition coefficient (Wildman–Crippen LogP) is 1.56. The molecule has 1 aromatic rings. The van der Waals surface area contributed by atoms with Crippen molar-refractivity contribution in [2.24, 2.45) is 0 Å². The number of aromatic nitrogens is 2. The highest BCUT2D eigenvalue weighted by Crippen LogP contribution is 2.14. The Kier molecular flexibility index (Phi) is 7.34. The van der Waals surface area contributed by atoms with Gasteiger partial charge in [-0.1, -0.05) is 6.92 Å². The van der Waals surface area contributed by atoms with Crippen LogP contribution in [0.3, 0.4) is 0 Å². The van der Waals surface area contributed by atoms with Crippen LogP contribution in [0.2, 0.25) is 0 Å². The number of nitrogens with zero attached hydrogens (tertiary/aromatic N) is 2. The molecule has 1 unspecified atom stereocenters. The molecule has 0 saturated carbocycles. The summed E-state index contributed by atoms with van der Waals surface area (Å²) in [7, 11) is 1.59. The van der Waals surface area contributed by atoms with Crippen LogP contribution in [0.1, 0.15) is 26.2 Å². The molecular formula is C13H21N3O4. The molecule has 7 heteroatoms. The van der Waals surface area contributed by atoms with Gasteiger partial charge in [0.1, 0.15) is 18.2 Å². The number of hydrogen-bond acceptors (Lipinski definition) is 6. The summed E-state index contributed by atoms with van der Waals surface area (Å²) in [6.07, 6.45) is 3.34. The van der Waals surface area contributed by atoms with Crippen LogP contribution in [-0.4, -0.2) is 47.4 Å². The van der Waals surface area contributed by atoms with E-state index >= 15 is 0 Å². The highest BCUT2D eigenvalue weighted by Gasteiger charge is 2.17. The summed E-state index contributed by atoms with van der Waals surface area (Å²) in [4.78, 5) is 19.1. The number of anilines is 1. The zero-order valence-corrected chi connectivity index (χ0v) is 11.8. The smallest absolute Gasteiger partial charge is 0.326 e. The summed E-state index contributed by atoms with van der Waals surface area (Å²) in [6, 6.07) is 0.890. The molecule has 0 aromatic carbocycles. The average molecular weight is 283 g/mol. The van der Waals surface area contributed by atoms with Gasteiger partial charge in [-0.3, -0.25) is 0 Å². The Balaban J connectivity index is 2.60. The minimum Gasteiger partial charge on any atom is -0.480 e. The first-order valence-corrected chi connectivity index (χ1v) is 6.60. The summed E-state index contributed by atoms with van der Waals surface area (Å²) in [5.74, 6) is -0.0444. The predicted molar refractivity (Wildman–Crippen MR) is 74.0 cm³/mol. The Morgan fingerprint density at radius 2 is 2.25 bits per heavy atom. The van der Waals surface area contributed by atoms with E-state index in [-0.39, 0.29) is 0 Å². The second-order valence-corrected chi connectivity index (χ2v) is 4.26. The van der Waals surface area contributed by atoms with Crippen molar-refractivity contribution in [3.05, 3.63) is 12.4 Å². The van der Waals surface area contributed by atoms with E-state index in [1.807, 2.05) is 6.92 Å². The van der Waals surface area contributed by atoms with Gasteiger partial charge in [-0.05, 0) is 19.3 Å². The molecule has 0 spiro atoms. The van der Waals surface area contributed by atoms with Gasteiger partial charge < -0.3 is 19.9 Å². The SMILES string of the molecule is CCCOc1cc(NC(CCCOC)C(=O)O)ncn1. The molecular weight excluding hydrogens is 262 g/mol. The van der Waals surface area contributed by atoms with E-state index in [9.17, 15) is 4.79 Å². The van der Waals surface area contributed by atoms with E-state index in [1.54, 1.807) is 13.2 Å². The number of ether oxygens (including phenoxy) is 2. The van der Waals surface area contributed by atoms with Crippen molar-refractivity contribution < 1.29 is 19.4 Å². The number of methoxy groups -OCH3 is 1. The van der Waals surface area contributed by atoms with Crippen LogP contribution in [0.15, 0.2) is 12.4 Å². The summed E-state index contributed by atoms with van der Waals surface area (Å²) >= 11 is 0. The largest absolute Gasteiger partial charge is 0.480 e. The molecule has 0 fully saturated rings. The summed E-state index contributed by atoms with van der Waals surface area (Å²) in [5, 5.41) is 12.0. The zero-order chi connectivity index (χ0) is 14.8. The van der Waals surface area contributed by atoms with Crippen molar-refractivity contribution in [3.63, 3.8) is 0 Å². The lowest BCUT2D eigenvalue weighted by Crippen LogP contribution is -2.30. The van der Waals surface area contributed by atoms with E-state index in [1.165, 1.54) is 6.33 Å². The first-order valence-electron chi connectivity index (χ1n) is 6.60. The third kappa shape index (κ3) is 5.83. The maximum absolute atomic E-state index is 11.2. The topological polar surface area (TPSA) is 93.6 Å². The number of carbonyl (C=O) groups is 1. The van der Waals surface area contributed by atoms with Crippen molar-refractivity contribution >= 4 is 11.8 Å². The maximum atomic E-state index is 11.2. The molecule has 0 aliphatic heterocycles. The number of aliphatic carboxylic acids is 1. The van der Waals surface area contributed by atoms with Gasteiger partial charge in [-0.2, -0.15) is 0 Å². The molecule has 7 nitrogen and oxygen atoms in total. The van der Waals surface area contributed by atoms with Crippen LogP contribution >= 0.6 is 0 Å². The molecule has 0 aliphatic carbocycles. The van der Waals surface area contributed by atoms with Gasteiger partial charge in [0.05, 0.1) is 6.61 Å². The minimum absolute atomic E-state index is 0.436. The first kappa shape index (κ1) is 16.2. The second-order valence-electron chi connectivity index (χ2n) is 4.26. The fourth-order valence-corrected chi connectivity index (χ4v) is 1.57. The zero-order valence-electron chi connectivity index (χ0n) is 11.8. The number of hydrogen-bond donors (Lipinski definition) is 2. The summed E-state index contributed by atoms with van der Waals surface area (Å²) in [5.41, 5.74) is 0. The number of rotatable bonds is 10. The minimum atomic E-state index is -0.921. The highest BCUT2D eigenvalue weighted by atomic mass is 16.5. The van der Waals surface area contributed by atoms with Crippen molar-refractivity contribution in [2.75, 3.05) is 25.6 Å². The molecule has 2 N–H and O–H groups in total. The molecule has 1 heterocycles. The molecule has 1 rings (SSSR count). The third-order valence-corrected chi connectivity index (χ3v) is 2.56. The lowest BCUT2D eigenvalue weighted by Gasteiger charge is -2.15. The molecule has 0 amide bonds. The Hall–Kier alpha value is -1.89. The maximum Gasteiger partial charge on any atom is 0.326 e. The number of carboxylic acid groups (broad SMARTS) is 1. The summed E-state index contributed by atoms with van der Waals surface area (Å²) in [6.45, 7) is 3.09. The highest BCUT2D eigenvalue weighted by molar-refractivity contribution is 5.76. The second kappa shape index (κ2) is 9.08. The number of carboxylic acids is 1. The van der Waals surface area contributed by atoms with Gasteiger partial charge >= 0.3 is 5.97 Å². The van der Waals surface area contributed by atoms with Gasteiger partial charge in [0, 0.05) is 19.8 Å². The summed E-state index contributed by atoms with van der Waals surface area (Å²) < 4.78 is 10.3. The lowest BCUT2D eigenvalue weighted by atomic mass is 10.1. The van der Waals surface area contributed by atoms with Crippen LogP contribution in [0.25, 0.3) is 0 Å². The normalized spacial score (nSPS) is 11.9. The molecule has 0 radical (unpaired) electrons. The van der Waals surface area contributed by atoms with E-state index in [0.29, 0.717) is 37.8 Å². The van der Waals surface area contributed by atoms with Gasteiger partial charge in [0.15, 0.2) is 0 Å². The molecule has 1 atom stereocenters. The fourth-order valence-electron chi connectivity index (χ4n) is 1.57. The third-order valence-electron chi connectivity index (χ3n) is 2.56. The Labute approximate surface area is 118 Å². The molecule has 20 heavy (non-hydrogen) atoms. The molecule has 112 valence electrons. The van der Waals surface area contributed by atoms with Crippen LogP contribution in [0.5, 0.6) is 5.88 Å². The van der Waals surface area contributed by atoms with Crippen LogP contribution < -0.4 is 10.1 Å². The van der Waals surface area contributed by atoms with Crippen molar-refractivity contribution in [1.82, 2.24) is 9.97 Å². The van der Waals surface area contributed by atoms with E-state index in [0.717, 1.165) is 6.42 Å².